The number of halogens is 1. The molecule has 0 spiro atoms. The van der Waals surface area contributed by atoms with Crippen LogP contribution in [-0.4, -0.2) is 26.5 Å². The number of nitrogens with one attached hydrogen (secondary N) is 1. The van der Waals surface area contributed by atoms with E-state index in [0.717, 1.165) is 40.0 Å². The number of aryl methyl sites for hydroxylation is 2. The molecule has 1 N–H and O–H groups in total. The van der Waals surface area contributed by atoms with E-state index < -0.39 is 0 Å². The molecule has 0 atom stereocenters. The maximum absolute atomic E-state index is 4.62. The van der Waals surface area contributed by atoms with Crippen molar-refractivity contribution in [3.8, 4) is 11.6 Å². The number of hydrogen-bond acceptors (Lipinski definition) is 5. The molecule has 6 heteroatoms. The second kappa shape index (κ2) is 6.92. The molecule has 2 heterocycles. The fourth-order valence-corrected chi connectivity index (χ4v) is 2.49. The van der Waals surface area contributed by atoms with Gasteiger partial charge in [-0.15, -0.1) is 0 Å². The maximum Gasteiger partial charge on any atom is 0.200 e. The van der Waals surface area contributed by atoms with Gasteiger partial charge in [-0.25, -0.2) is 19.9 Å². The van der Waals surface area contributed by atoms with Crippen molar-refractivity contribution in [1.29, 1.82) is 0 Å². The molecule has 0 fully saturated rings. The van der Waals surface area contributed by atoms with Crippen LogP contribution in [0.1, 0.15) is 31.5 Å². The van der Waals surface area contributed by atoms with Crippen molar-refractivity contribution in [2.75, 3.05) is 11.9 Å². The van der Waals surface area contributed by atoms with Gasteiger partial charge >= 0.3 is 0 Å². The van der Waals surface area contributed by atoms with Crippen LogP contribution in [0.3, 0.4) is 0 Å². The maximum atomic E-state index is 4.62. The summed E-state index contributed by atoms with van der Waals surface area (Å²) in [5.74, 6) is 2.03. The summed E-state index contributed by atoms with van der Waals surface area (Å²) in [6, 6.07) is 0. The van der Waals surface area contributed by atoms with Crippen molar-refractivity contribution in [2.24, 2.45) is 0 Å². The van der Waals surface area contributed by atoms with Crippen LogP contribution in [0.15, 0.2) is 12.4 Å². The summed E-state index contributed by atoms with van der Waals surface area (Å²) in [4.78, 5) is 17.8. The first-order valence-corrected chi connectivity index (χ1v) is 7.82. The molecule has 0 radical (unpaired) electrons. The monoisotopic (exact) mass is 383 g/mol. The molecule has 0 aliphatic carbocycles. The fraction of sp³-hybridized carbons (Fsp3) is 0.429. The van der Waals surface area contributed by atoms with Crippen molar-refractivity contribution >= 4 is 28.4 Å². The molecule has 0 aliphatic rings. The van der Waals surface area contributed by atoms with Crippen LogP contribution in [0.2, 0.25) is 0 Å². The summed E-state index contributed by atoms with van der Waals surface area (Å²) in [6.45, 7) is 6.99. The molecule has 0 saturated carbocycles. The van der Waals surface area contributed by atoms with E-state index in [9.17, 15) is 0 Å². The Balaban J connectivity index is 2.49. The number of hydrogen-bond donors (Lipinski definition) is 1. The average Bonchev–Trinajstić information content (AvgIpc) is 2.44. The first kappa shape index (κ1) is 15.1. The molecule has 0 bridgehead atoms. The van der Waals surface area contributed by atoms with Crippen molar-refractivity contribution in [3.05, 3.63) is 27.2 Å². The molecule has 0 unspecified atom stereocenters. The minimum atomic E-state index is 0.573. The Kier molecular flexibility index (Phi) is 5.22. The molecule has 106 valence electrons. The van der Waals surface area contributed by atoms with Crippen molar-refractivity contribution in [1.82, 2.24) is 19.9 Å². The lowest BCUT2D eigenvalue weighted by Gasteiger charge is -2.11. The van der Waals surface area contributed by atoms with Crippen LogP contribution in [0.25, 0.3) is 11.6 Å². The van der Waals surface area contributed by atoms with Crippen molar-refractivity contribution < 1.29 is 0 Å². The Bertz CT molecular complexity index is 556. The molecular formula is C14H18IN5. The quantitative estimate of drug-likeness (QED) is 0.804. The van der Waals surface area contributed by atoms with Gasteiger partial charge in [-0.05, 0) is 48.4 Å². The number of aromatic nitrogens is 4. The minimum Gasteiger partial charge on any atom is -0.369 e. The van der Waals surface area contributed by atoms with E-state index in [1.165, 1.54) is 0 Å². The lowest BCUT2D eigenvalue weighted by Crippen LogP contribution is -2.09. The summed E-state index contributed by atoms with van der Waals surface area (Å²) in [5.41, 5.74) is 2.08. The minimum absolute atomic E-state index is 0.573. The SMILES string of the molecule is CCCc1nc(-c2ncc(C)cn2)nc(NCC)c1I. The third kappa shape index (κ3) is 3.41. The number of anilines is 1. The van der Waals surface area contributed by atoms with Crippen molar-refractivity contribution in [2.45, 2.75) is 33.6 Å². The molecule has 5 nitrogen and oxygen atoms in total. The Labute approximate surface area is 132 Å². The van der Waals surface area contributed by atoms with Gasteiger partial charge in [0.1, 0.15) is 5.82 Å². The molecule has 0 amide bonds. The molecule has 0 aliphatic heterocycles. The zero-order chi connectivity index (χ0) is 14.5. The Hall–Kier alpha value is -1.31. The number of rotatable bonds is 5. The highest BCUT2D eigenvalue weighted by Crippen LogP contribution is 2.23. The van der Waals surface area contributed by atoms with Gasteiger partial charge in [-0.1, -0.05) is 13.3 Å². The second-order valence-electron chi connectivity index (χ2n) is 4.52. The second-order valence-corrected chi connectivity index (χ2v) is 5.60. The van der Waals surface area contributed by atoms with E-state index in [-0.39, 0.29) is 0 Å². The van der Waals surface area contributed by atoms with Crippen molar-refractivity contribution in [3.63, 3.8) is 0 Å². The normalized spacial score (nSPS) is 10.6. The van der Waals surface area contributed by atoms with Crippen LogP contribution in [-0.2, 0) is 6.42 Å². The smallest absolute Gasteiger partial charge is 0.200 e. The molecule has 20 heavy (non-hydrogen) atoms. The number of nitrogens with zero attached hydrogens (tertiary/aromatic N) is 4. The van der Waals surface area contributed by atoms with Crippen LogP contribution in [0.4, 0.5) is 5.82 Å². The van der Waals surface area contributed by atoms with Gasteiger partial charge in [0.25, 0.3) is 0 Å². The summed E-state index contributed by atoms with van der Waals surface area (Å²) in [7, 11) is 0. The van der Waals surface area contributed by atoms with Gasteiger partial charge in [0.15, 0.2) is 11.6 Å². The van der Waals surface area contributed by atoms with Gasteiger partial charge in [0.05, 0.1) is 9.26 Å². The van der Waals surface area contributed by atoms with E-state index in [2.05, 4.69) is 61.7 Å². The van der Waals surface area contributed by atoms with Crippen LogP contribution in [0, 0.1) is 10.5 Å². The Morgan fingerprint density at radius 2 is 1.80 bits per heavy atom. The summed E-state index contributed by atoms with van der Waals surface area (Å²) in [5, 5.41) is 3.28. The molecule has 2 aromatic heterocycles. The van der Waals surface area contributed by atoms with Gasteiger partial charge in [-0.2, -0.15) is 0 Å². The third-order valence-electron chi connectivity index (χ3n) is 2.73. The topological polar surface area (TPSA) is 63.6 Å². The van der Waals surface area contributed by atoms with E-state index in [1.807, 2.05) is 6.92 Å². The zero-order valence-electron chi connectivity index (χ0n) is 11.9. The molecule has 0 aromatic carbocycles. The first-order valence-electron chi connectivity index (χ1n) is 6.75. The highest BCUT2D eigenvalue weighted by atomic mass is 127. The summed E-state index contributed by atoms with van der Waals surface area (Å²) in [6.07, 6.45) is 5.55. The molecule has 2 rings (SSSR count). The standard InChI is InChI=1S/C14H18IN5/c1-4-6-10-11(15)12(16-5-2)20-14(19-10)13-17-7-9(3)8-18-13/h7-8H,4-6H2,1-3H3,(H,16,19,20). The lowest BCUT2D eigenvalue weighted by atomic mass is 10.2. The highest BCUT2D eigenvalue weighted by Gasteiger charge is 2.14. The Morgan fingerprint density at radius 3 is 2.40 bits per heavy atom. The fourth-order valence-electron chi connectivity index (χ4n) is 1.79. The average molecular weight is 383 g/mol. The Morgan fingerprint density at radius 1 is 1.10 bits per heavy atom. The first-order chi connectivity index (χ1) is 9.65. The predicted octanol–water partition coefficient (Wildman–Crippen LogP) is 3.23. The van der Waals surface area contributed by atoms with E-state index in [4.69, 9.17) is 0 Å². The summed E-state index contributed by atoms with van der Waals surface area (Å²) < 4.78 is 1.09. The van der Waals surface area contributed by atoms with Crippen LogP contribution < -0.4 is 5.32 Å². The van der Waals surface area contributed by atoms with E-state index >= 15 is 0 Å². The van der Waals surface area contributed by atoms with Gasteiger partial charge in [0.2, 0.25) is 0 Å². The van der Waals surface area contributed by atoms with E-state index in [0.29, 0.717) is 11.6 Å². The van der Waals surface area contributed by atoms with Crippen LogP contribution >= 0.6 is 22.6 Å². The van der Waals surface area contributed by atoms with E-state index in [1.54, 1.807) is 12.4 Å². The third-order valence-corrected chi connectivity index (χ3v) is 3.87. The zero-order valence-corrected chi connectivity index (χ0v) is 14.1. The largest absolute Gasteiger partial charge is 0.369 e. The van der Waals surface area contributed by atoms with Crippen LogP contribution in [0.5, 0.6) is 0 Å². The molecular weight excluding hydrogens is 365 g/mol. The van der Waals surface area contributed by atoms with Gasteiger partial charge in [0, 0.05) is 18.9 Å². The molecule has 0 saturated heterocycles. The van der Waals surface area contributed by atoms with Gasteiger partial charge < -0.3 is 5.32 Å². The predicted molar refractivity (Wildman–Crippen MR) is 88.7 cm³/mol. The van der Waals surface area contributed by atoms with Gasteiger partial charge in [-0.3, -0.25) is 0 Å². The highest BCUT2D eigenvalue weighted by molar-refractivity contribution is 14.1. The lowest BCUT2D eigenvalue weighted by molar-refractivity contribution is 0.862. The summed E-state index contributed by atoms with van der Waals surface area (Å²) >= 11 is 2.30. The molecule has 2 aromatic rings.